The summed E-state index contributed by atoms with van der Waals surface area (Å²) in [4.78, 5) is 10.6. The average molecular weight is 161 g/mol. The zero-order valence-electron chi connectivity index (χ0n) is 6.96. The molecule has 0 aliphatic heterocycles. The van der Waals surface area contributed by atoms with Gasteiger partial charge in [0.15, 0.2) is 6.10 Å². The highest BCUT2D eigenvalue weighted by Gasteiger charge is 2.13. The number of methoxy groups -OCH3 is 1. The zero-order valence-corrected chi connectivity index (χ0v) is 6.96. The number of rotatable bonds is 5. The lowest BCUT2D eigenvalue weighted by atomic mass is 10.3. The Balaban J connectivity index is 3.36. The first-order chi connectivity index (χ1) is 5.22. The van der Waals surface area contributed by atoms with Gasteiger partial charge in [-0.1, -0.05) is 6.92 Å². The second kappa shape index (κ2) is 6.12. The summed E-state index contributed by atoms with van der Waals surface area (Å²) >= 11 is 0. The van der Waals surface area contributed by atoms with Gasteiger partial charge in [-0.25, -0.2) is 4.79 Å². The molecular weight excluding hydrogens is 146 g/mol. The lowest BCUT2D eigenvalue weighted by molar-refractivity contribution is -0.150. The van der Waals surface area contributed by atoms with Crippen molar-refractivity contribution in [2.75, 3.05) is 20.2 Å². The van der Waals surface area contributed by atoms with E-state index in [9.17, 15) is 4.79 Å². The molecule has 0 saturated heterocycles. The van der Waals surface area contributed by atoms with Crippen molar-refractivity contribution in [3.63, 3.8) is 0 Å². The Morgan fingerprint density at radius 1 is 1.73 bits per heavy atom. The number of nitrogens with one attached hydrogen (secondary N) is 1. The van der Waals surface area contributed by atoms with Crippen molar-refractivity contribution in [1.82, 2.24) is 5.32 Å². The standard InChI is InChI=1S/C7H15NO3/c1-3-4-8-5-6(9)7(10)11-2/h6,8-9H,3-5H2,1-2H3. The topological polar surface area (TPSA) is 58.6 Å². The minimum Gasteiger partial charge on any atom is -0.467 e. The van der Waals surface area contributed by atoms with E-state index in [0.717, 1.165) is 13.0 Å². The minimum atomic E-state index is -1.04. The third-order valence-electron chi connectivity index (χ3n) is 1.24. The van der Waals surface area contributed by atoms with Gasteiger partial charge in [0.2, 0.25) is 0 Å². The molecule has 0 aromatic rings. The van der Waals surface area contributed by atoms with Crippen molar-refractivity contribution < 1.29 is 14.6 Å². The monoisotopic (exact) mass is 161 g/mol. The maximum Gasteiger partial charge on any atom is 0.336 e. The number of hydrogen-bond acceptors (Lipinski definition) is 4. The van der Waals surface area contributed by atoms with Crippen LogP contribution in [0.5, 0.6) is 0 Å². The molecule has 0 bridgehead atoms. The van der Waals surface area contributed by atoms with Crippen LogP contribution in [0.1, 0.15) is 13.3 Å². The molecule has 0 radical (unpaired) electrons. The van der Waals surface area contributed by atoms with Gasteiger partial charge < -0.3 is 15.2 Å². The highest BCUT2D eigenvalue weighted by atomic mass is 16.5. The Hall–Kier alpha value is -0.610. The van der Waals surface area contributed by atoms with Gasteiger partial charge >= 0.3 is 5.97 Å². The maximum atomic E-state index is 10.6. The van der Waals surface area contributed by atoms with Crippen LogP contribution in [-0.4, -0.2) is 37.4 Å². The van der Waals surface area contributed by atoms with Crippen LogP contribution in [-0.2, 0) is 9.53 Å². The van der Waals surface area contributed by atoms with E-state index in [4.69, 9.17) is 5.11 Å². The number of ether oxygens (including phenoxy) is 1. The van der Waals surface area contributed by atoms with E-state index in [1.807, 2.05) is 6.92 Å². The van der Waals surface area contributed by atoms with E-state index in [-0.39, 0.29) is 6.54 Å². The molecule has 0 aromatic carbocycles. The van der Waals surface area contributed by atoms with Crippen LogP contribution in [0.15, 0.2) is 0 Å². The maximum absolute atomic E-state index is 10.6. The quantitative estimate of drug-likeness (QED) is 0.422. The molecule has 0 amide bonds. The van der Waals surface area contributed by atoms with E-state index in [1.165, 1.54) is 7.11 Å². The van der Waals surface area contributed by atoms with Crippen molar-refractivity contribution in [2.24, 2.45) is 0 Å². The summed E-state index contributed by atoms with van der Waals surface area (Å²) in [6.07, 6.45) is -0.0555. The van der Waals surface area contributed by atoms with E-state index in [1.54, 1.807) is 0 Å². The van der Waals surface area contributed by atoms with Gasteiger partial charge in [0, 0.05) is 6.54 Å². The summed E-state index contributed by atoms with van der Waals surface area (Å²) in [6.45, 7) is 3.08. The van der Waals surface area contributed by atoms with E-state index in [2.05, 4.69) is 10.1 Å². The summed E-state index contributed by atoms with van der Waals surface area (Å²) in [5.41, 5.74) is 0. The number of carbonyl (C=O) groups is 1. The fourth-order valence-corrected chi connectivity index (χ4v) is 0.635. The Morgan fingerprint density at radius 2 is 2.36 bits per heavy atom. The first-order valence-electron chi connectivity index (χ1n) is 3.69. The van der Waals surface area contributed by atoms with Crippen molar-refractivity contribution in [2.45, 2.75) is 19.4 Å². The predicted octanol–water partition coefficient (Wildman–Crippen LogP) is -0.480. The molecule has 0 spiro atoms. The van der Waals surface area contributed by atoms with Crippen LogP contribution in [0.4, 0.5) is 0 Å². The highest BCUT2D eigenvalue weighted by molar-refractivity contribution is 5.74. The van der Waals surface area contributed by atoms with E-state index >= 15 is 0 Å². The normalized spacial score (nSPS) is 12.6. The highest BCUT2D eigenvalue weighted by Crippen LogP contribution is 1.84. The lowest BCUT2D eigenvalue weighted by Crippen LogP contribution is -2.34. The third-order valence-corrected chi connectivity index (χ3v) is 1.24. The SMILES string of the molecule is CCCNCC(O)C(=O)OC. The van der Waals surface area contributed by atoms with Crippen LogP contribution >= 0.6 is 0 Å². The zero-order chi connectivity index (χ0) is 8.69. The van der Waals surface area contributed by atoms with E-state index < -0.39 is 12.1 Å². The van der Waals surface area contributed by atoms with Gasteiger partial charge in [-0.05, 0) is 13.0 Å². The molecule has 11 heavy (non-hydrogen) atoms. The molecule has 4 nitrogen and oxygen atoms in total. The summed E-state index contributed by atoms with van der Waals surface area (Å²) in [7, 11) is 1.26. The molecule has 0 aromatic heterocycles. The summed E-state index contributed by atoms with van der Waals surface area (Å²) in [6, 6.07) is 0. The third kappa shape index (κ3) is 4.75. The van der Waals surface area contributed by atoms with Gasteiger partial charge in [-0.15, -0.1) is 0 Å². The van der Waals surface area contributed by atoms with Gasteiger partial charge in [0.25, 0.3) is 0 Å². The molecule has 0 aliphatic rings. The number of aliphatic hydroxyl groups is 1. The Labute approximate surface area is 66.5 Å². The van der Waals surface area contributed by atoms with Crippen LogP contribution < -0.4 is 5.32 Å². The molecule has 4 heteroatoms. The largest absolute Gasteiger partial charge is 0.467 e. The molecule has 0 fully saturated rings. The summed E-state index contributed by atoms with van der Waals surface area (Å²) in [5, 5.41) is 11.9. The molecular formula is C7H15NO3. The van der Waals surface area contributed by atoms with Crippen LogP contribution in [0.3, 0.4) is 0 Å². The lowest BCUT2D eigenvalue weighted by Gasteiger charge is -2.08. The van der Waals surface area contributed by atoms with Gasteiger partial charge in [-0.3, -0.25) is 0 Å². The fourth-order valence-electron chi connectivity index (χ4n) is 0.635. The van der Waals surface area contributed by atoms with Gasteiger partial charge in [0.05, 0.1) is 7.11 Å². The first-order valence-corrected chi connectivity index (χ1v) is 3.69. The van der Waals surface area contributed by atoms with Crippen molar-refractivity contribution in [3.8, 4) is 0 Å². The minimum absolute atomic E-state index is 0.264. The predicted molar refractivity (Wildman–Crippen MR) is 41.2 cm³/mol. The van der Waals surface area contributed by atoms with Crippen LogP contribution in [0, 0.1) is 0 Å². The fraction of sp³-hybridized carbons (Fsp3) is 0.857. The number of aliphatic hydroxyl groups excluding tert-OH is 1. The van der Waals surface area contributed by atoms with Crippen molar-refractivity contribution >= 4 is 5.97 Å². The number of esters is 1. The number of hydrogen-bond donors (Lipinski definition) is 2. The van der Waals surface area contributed by atoms with Crippen molar-refractivity contribution in [1.29, 1.82) is 0 Å². The Bertz CT molecular complexity index is 116. The van der Waals surface area contributed by atoms with E-state index in [0.29, 0.717) is 0 Å². The summed E-state index contributed by atoms with van der Waals surface area (Å²) < 4.78 is 4.31. The second-order valence-electron chi connectivity index (χ2n) is 2.24. The van der Waals surface area contributed by atoms with Crippen molar-refractivity contribution in [3.05, 3.63) is 0 Å². The molecule has 0 rings (SSSR count). The molecule has 0 saturated carbocycles. The average Bonchev–Trinajstić information content (AvgIpc) is 2.03. The van der Waals surface area contributed by atoms with Gasteiger partial charge in [0.1, 0.15) is 0 Å². The Morgan fingerprint density at radius 3 is 2.82 bits per heavy atom. The number of carbonyl (C=O) groups excluding carboxylic acids is 1. The molecule has 1 atom stereocenters. The molecule has 66 valence electrons. The molecule has 2 N–H and O–H groups in total. The first kappa shape index (κ1) is 10.4. The molecule has 0 aliphatic carbocycles. The van der Waals surface area contributed by atoms with Gasteiger partial charge in [-0.2, -0.15) is 0 Å². The van der Waals surface area contributed by atoms with Crippen LogP contribution in [0.2, 0.25) is 0 Å². The molecule has 1 unspecified atom stereocenters. The van der Waals surface area contributed by atoms with Crippen LogP contribution in [0.25, 0.3) is 0 Å². The molecule has 0 heterocycles. The Kier molecular flexibility index (Phi) is 5.78. The summed E-state index contributed by atoms with van der Waals surface area (Å²) in [5.74, 6) is -0.589. The smallest absolute Gasteiger partial charge is 0.336 e. The second-order valence-corrected chi connectivity index (χ2v) is 2.24.